The van der Waals surface area contributed by atoms with Crippen molar-refractivity contribution in [1.82, 2.24) is 20.2 Å². The minimum absolute atomic E-state index is 0.273. The molecule has 0 saturated carbocycles. The number of hydrogen-bond acceptors (Lipinski definition) is 6. The minimum Gasteiger partial charge on any atom is -0.312 e. The largest absolute Gasteiger partial charge is 0.323 e. The lowest BCUT2D eigenvalue weighted by Crippen LogP contribution is -2.52. The van der Waals surface area contributed by atoms with E-state index >= 15 is 0 Å². The Hall–Kier alpha value is -3.59. The number of nitrogens with one attached hydrogen (secondary N) is 2. The van der Waals surface area contributed by atoms with Gasteiger partial charge in [0.15, 0.2) is 0 Å². The highest BCUT2D eigenvalue weighted by Gasteiger charge is 2.61. The van der Waals surface area contributed by atoms with Gasteiger partial charge in [-0.15, -0.1) is 5.10 Å². The molecule has 4 amide bonds. The van der Waals surface area contributed by atoms with Gasteiger partial charge < -0.3 is 10.2 Å². The molecule has 0 aliphatic carbocycles. The van der Waals surface area contributed by atoms with Crippen LogP contribution in [0.25, 0.3) is 11.3 Å². The number of urea groups is 1. The lowest BCUT2D eigenvalue weighted by atomic mass is 9.90. The lowest BCUT2D eigenvalue weighted by Gasteiger charge is -2.21. The van der Waals surface area contributed by atoms with Gasteiger partial charge in [0.25, 0.3) is 11.8 Å². The molecule has 2 aliphatic heterocycles. The molecular weight excluding hydrogens is 390 g/mol. The average molecular weight is 405 g/mol. The number of anilines is 1. The zero-order chi connectivity index (χ0) is 20.2. The van der Waals surface area contributed by atoms with Gasteiger partial charge in [0.2, 0.25) is 5.54 Å². The van der Waals surface area contributed by atoms with Crippen molar-refractivity contribution in [3.05, 3.63) is 64.5 Å². The molecule has 144 valence electrons. The van der Waals surface area contributed by atoms with Crippen molar-refractivity contribution >= 4 is 35.1 Å². The lowest BCUT2D eigenvalue weighted by molar-refractivity contribution is -0.134. The monoisotopic (exact) mass is 405 g/mol. The van der Waals surface area contributed by atoms with Crippen LogP contribution in [0.5, 0.6) is 0 Å². The molecule has 8 nitrogen and oxygen atoms in total. The summed E-state index contributed by atoms with van der Waals surface area (Å²) >= 11 is 1.28. The predicted octanol–water partition coefficient (Wildman–Crippen LogP) is 2.10. The van der Waals surface area contributed by atoms with Gasteiger partial charge in [-0.25, -0.2) is 4.79 Å². The number of aryl methyl sites for hydroxylation is 1. The van der Waals surface area contributed by atoms with Crippen molar-refractivity contribution in [2.45, 2.75) is 19.0 Å². The number of nitrogens with zero attached hydrogens (tertiary/aromatic N) is 3. The van der Waals surface area contributed by atoms with Crippen molar-refractivity contribution in [2.75, 3.05) is 4.90 Å². The van der Waals surface area contributed by atoms with Gasteiger partial charge in [0.05, 0.1) is 12.2 Å². The highest BCUT2D eigenvalue weighted by atomic mass is 32.1. The first-order chi connectivity index (χ1) is 14.0. The topological polar surface area (TPSA) is 104 Å². The van der Waals surface area contributed by atoms with Crippen molar-refractivity contribution in [3.63, 3.8) is 0 Å². The highest BCUT2D eigenvalue weighted by molar-refractivity contribution is 7.03. The van der Waals surface area contributed by atoms with E-state index < -0.39 is 23.4 Å². The second-order valence-corrected chi connectivity index (χ2v) is 7.67. The van der Waals surface area contributed by atoms with Gasteiger partial charge in [-0.1, -0.05) is 46.4 Å². The SMILES string of the molecule is Cc1ccc2c(c1)C1(NC(=O)NC1=O)C(=O)N2Cc1ccc(-c2csnn2)cc1. The van der Waals surface area contributed by atoms with Crippen LogP contribution in [-0.2, 0) is 21.7 Å². The van der Waals surface area contributed by atoms with E-state index in [1.165, 1.54) is 11.5 Å². The first-order valence-electron chi connectivity index (χ1n) is 8.92. The van der Waals surface area contributed by atoms with E-state index in [1.54, 1.807) is 11.0 Å². The van der Waals surface area contributed by atoms with Crippen LogP contribution < -0.4 is 15.5 Å². The van der Waals surface area contributed by atoms with E-state index in [9.17, 15) is 14.4 Å². The van der Waals surface area contributed by atoms with E-state index in [1.807, 2.05) is 48.7 Å². The number of aromatic nitrogens is 2. The molecule has 3 aromatic rings. The molecule has 5 rings (SSSR count). The quantitative estimate of drug-likeness (QED) is 0.513. The normalized spacial score (nSPS) is 20.2. The zero-order valence-corrected chi connectivity index (χ0v) is 16.1. The highest BCUT2D eigenvalue weighted by Crippen LogP contribution is 2.43. The van der Waals surface area contributed by atoms with Gasteiger partial charge in [0.1, 0.15) is 5.69 Å². The molecule has 1 atom stereocenters. The maximum absolute atomic E-state index is 13.3. The van der Waals surface area contributed by atoms with Crippen LogP contribution in [0.4, 0.5) is 10.5 Å². The van der Waals surface area contributed by atoms with Gasteiger partial charge in [-0.3, -0.25) is 14.9 Å². The van der Waals surface area contributed by atoms with E-state index in [2.05, 4.69) is 20.2 Å². The van der Waals surface area contributed by atoms with Gasteiger partial charge in [0, 0.05) is 16.5 Å². The zero-order valence-electron chi connectivity index (χ0n) is 15.3. The average Bonchev–Trinajstić information content (AvgIpc) is 3.39. The molecule has 1 fully saturated rings. The molecule has 2 aliphatic rings. The summed E-state index contributed by atoms with van der Waals surface area (Å²) in [6.45, 7) is 2.15. The fourth-order valence-electron chi connectivity index (χ4n) is 3.82. The number of fused-ring (bicyclic) bond motifs is 2. The predicted molar refractivity (Wildman–Crippen MR) is 106 cm³/mol. The Morgan fingerprint density at radius 1 is 1.10 bits per heavy atom. The van der Waals surface area contributed by atoms with E-state index in [0.29, 0.717) is 11.3 Å². The minimum atomic E-state index is -1.70. The third kappa shape index (κ3) is 2.54. The molecule has 0 bridgehead atoms. The van der Waals surface area contributed by atoms with E-state index in [-0.39, 0.29) is 6.54 Å². The van der Waals surface area contributed by atoms with Crippen LogP contribution in [0, 0.1) is 6.92 Å². The number of carbonyl (C=O) groups excluding carboxylic acids is 3. The van der Waals surface area contributed by atoms with Crippen LogP contribution in [0.2, 0.25) is 0 Å². The van der Waals surface area contributed by atoms with Crippen molar-refractivity contribution in [1.29, 1.82) is 0 Å². The van der Waals surface area contributed by atoms with Crippen LogP contribution in [0.3, 0.4) is 0 Å². The summed E-state index contributed by atoms with van der Waals surface area (Å²) in [7, 11) is 0. The smallest absolute Gasteiger partial charge is 0.312 e. The van der Waals surface area contributed by atoms with Crippen LogP contribution in [0.15, 0.2) is 47.8 Å². The third-order valence-corrected chi connectivity index (χ3v) is 5.74. The van der Waals surface area contributed by atoms with Gasteiger partial charge >= 0.3 is 6.03 Å². The summed E-state index contributed by atoms with van der Waals surface area (Å²) in [5.74, 6) is -1.11. The molecule has 1 unspecified atom stereocenters. The number of hydrogen-bond donors (Lipinski definition) is 2. The van der Waals surface area contributed by atoms with Gasteiger partial charge in [-0.05, 0) is 30.1 Å². The molecule has 1 aromatic heterocycles. The molecule has 1 saturated heterocycles. The Morgan fingerprint density at radius 3 is 2.55 bits per heavy atom. The third-order valence-electron chi connectivity index (χ3n) is 5.23. The Balaban J connectivity index is 1.52. The maximum Gasteiger partial charge on any atom is 0.323 e. The summed E-state index contributed by atoms with van der Waals surface area (Å²) in [6.07, 6.45) is 0. The Morgan fingerprint density at radius 2 is 1.90 bits per heavy atom. The number of imide groups is 1. The standard InChI is InChI=1S/C20H15N5O3S/c1-11-2-7-16-14(8-11)20(17(26)21-19(28)22-20)18(27)25(16)9-12-3-5-13(6-4-12)15-10-29-24-23-15/h2-8,10H,9H2,1H3,(H2,21,22,26,28). The molecule has 0 radical (unpaired) electrons. The van der Waals surface area contributed by atoms with E-state index in [0.717, 1.165) is 22.4 Å². The molecule has 2 aromatic carbocycles. The number of rotatable bonds is 3. The van der Waals surface area contributed by atoms with Crippen LogP contribution in [0.1, 0.15) is 16.7 Å². The molecule has 1 spiro atoms. The Labute approximate surface area is 169 Å². The number of carbonyl (C=O) groups is 3. The van der Waals surface area contributed by atoms with E-state index in [4.69, 9.17) is 0 Å². The van der Waals surface area contributed by atoms with Crippen molar-refractivity contribution in [3.8, 4) is 11.3 Å². The maximum atomic E-state index is 13.3. The second-order valence-electron chi connectivity index (χ2n) is 7.06. The first-order valence-corrected chi connectivity index (χ1v) is 9.76. The summed E-state index contributed by atoms with van der Waals surface area (Å²) in [4.78, 5) is 39.3. The molecular formula is C20H15N5O3S. The second kappa shape index (κ2) is 6.21. The summed E-state index contributed by atoms with van der Waals surface area (Å²) in [6, 6.07) is 12.5. The summed E-state index contributed by atoms with van der Waals surface area (Å²) < 4.78 is 3.87. The van der Waals surface area contributed by atoms with Crippen molar-refractivity contribution < 1.29 is 14.4 Å². The number of amides is 4. The Bertz CT molecular complexity index is 1160. The van der Waals surface area contributed by atoms with Crippen LogP contribution >= 0.6 is 11.5 Å². The van der Waals surface area contributed by atoms with Crippen LogP contribution in [-0.4, -0.2) is 27.4 Å². The van der Waals surface area contributed by atoms with Crippen molar-refractivity contribution in [2.24, 2.45) is 0 Å². The summed E-state index contributed by atoms with van der Waals surface area (Å²) in [5, 5.41) is 10.7. The Kier molecular flexibility index (Phi) is 3.75. The molecule has 29 heavy (non-hydrogen) atoms. The fourth-order valence-corrected chi connectivity index (χ4v) is 4.28. The molecule has 9 heteroatoms. The molecule has 3 heterocycles. The first kappa shape index (κ1) is 17.5. The fraction of sp³-hybridized carbons (Fsp3) is 0.150. The molecule has 2 N–H and O–H groups in total. The summed E-state index contributed by atoms with van der Waals surface area (Å²) in [5.41, 5.74) is 2.92. The van der Waals surface area contributed by atoms with Gasteiger partial charge in [-0.2, -0.15) is 0 Å². The number of benzene rings is 2.